The van der Waals surface area contributed by atoms with Gasteiger partial charge in [-0.2, -0.15) is 0 Å². The molecule has 5 nitrogen and oxygen atoms in total. The zero-order valence-electron chi connectivity index (χ0n) is 15.3. The minimum Gasteiger partial charge on any atom is -0.335 e. The predicted octanol–water partition coefficient (Wildman–Crippen LogP) is 2.98. The van der Waals surface area contributed by atoms with Crippen molar-refractivity contribution in [2.45, 2.75) is 50.0 Å². The van der Waals surface area contributed by atoms with Gasteiger partial charge in [0, 0.05) is 32.2 Å². The average Bonchev–Trinajstić information content (AvgIpc) is 2.62. The van der Waals surface area contributed by atoms with Crippen LogP contribution in [0.25, 0.3) is 0 Å². The standard InChI is InChI=1S/C19H28N2O3S/c1-14-12-13-21(18-7-5-4-6-17(14)18)19(22)15-8-10-16(11-9-15)25(23,24)20(2)3/h8-11,14,17-18H,4-7,12-13H2,1-3H3/t14-,17-,18+/m1/s1. The van der Waals surface area contributed by atoms with Gasteiger partial charge in [-0.3, -0.25) is 4.79 Å². The van der Waals surface area contributed by atoms with Crippen molar-refractivity contribution in [3.8, 4) is 0 Å². The Morgan fingerprint density at radius 3 is 2.36 bits per heavy atom. The monoisotopic (exact) mass is 364 g/mol. The molecule has 0 radical (unpaired) electrons. The summed E-state index contributed by atoms with van der Waals surface area (Å²) in [6.07, 6.45) is 5.83. The topological polar surface area (TPSA) is 57.7 Å². The summed E-state index contributed by atoms with van der Waals surface area (Å²) in [5, 5.41) is 0. The number of nitrogens with zero attached hydrogens (tertiary/aromatic N) is 2. The van der Waals surface area contributed by atoms with Gasteiger partial charge in [-0.1, -0.05) is 19.8 Å². The van der Waals surface area contributed by atoms with Crippen molar-refractivity contribution in [2.24, 2.45) is 11.8 Å². The molecule has 0 bridgehead atoms. The van der Waals surface area contributed by atoms with Crippen LogP contribution in [0.5, 0.6) is 0 Å². The SMILES string of the molecule is C[C@@H]1CCN(C(=O)c2ccc(S(=O)(=O)N(C)C)cc2)[C@H]2CCCC[C@H]12. The molecular weight excluding hydrogens is 336 g/mol. The van der Waals surface area contributed by atoms with E-state index < -0.39 is 10.0 Å². The van der Waals surface area contributed by atoms with Crippen molar-refractivity contribution in [1.82, 2.24) is 9.21 Å². The Labute approximate surface area is 151 Å². The van der Waals surface area contributed by atoms with Gasteiger partial charge in [0.15, 0.2) is 0 Å². The van der Waals surface area contributed by atoms with Crippen molar-refractivity contribution >= 4 is 15.9 Å². The maximum Gasteiger partial charge on any atom is 0.254 e. The molecule has 3 rings (SSSR count). The number of amides is 1. The van der Waals surface area contributed by atoms with Crippen molar-refractivity contribution < 1.29 is 13.2 Å². The third-order valence-corrected chi connectivity index (χ3v) is 7.71. The molecule has 0 aromatic heterocycles. The number of fused-ring (bicyclic) bond motifs is 1. The van der Waals surface area contributed by atoms with Crippen LogP contribution in [0.2, 0.25) is 0 Å². The molecule has 1 saturated carbocycles. The Hall–Kier alpha value is -1.40. The molecule has 0 unspecified atom stereocenters. The number of sulfonamides is 1. The molecule has 1 aromatic rings. The molecule has 2 aliphatic rings. The van der Waals surface area contributed by atoms with Gasteiger partial charge in [-0.05, 0) is 55.4 Å². The normalized spacial score (nSPS) is 27.2. The number of benzene rings is 1. The summed E-state index contributed by atoms with van der Waals surface area (Å²) in [6.45, 7) is 3.12. The first-order valence-corrected chi connectivity index (χ1v) is 10.6. The van der Waals surface area contributed by atoms with Gasteiger partial charge in [-0.15, -0.1) is 0 Å². The van der Waals surface area contributed by atoms with E-state index >= 15 is 0 Å². The molecule has 25 heavy (non-hydrogen) atoms. The smallest absolute Gasteiger partial charge is 0.254 e. The third-order valence-electron chi connectivity index (χ3n) is 5.88. The van der Waals surface area contributed by atoms with Gasteiger partial charge in [0.05, 0.1) is 4.90 Å². The van der Waals surface area contributed by atoms with Crippen LogP contribution in [0.4, 0.5) is 0 Å². The van der Waals surface area contributed by atoms with Gasteiger partial charge in [0.25, 0.3) is 5.91 Å². The largest absolute Gasteiger partial charge is 0.335 e. The number of likely N-dealkylation sites (tertiary alicyclic amines) is 1. The summed E-state index contributed by atoms with van der Waals surface area (Å²) in [5.41, 5.74) is 0.580. The van der Waals surface area contributed by atoms with E-state index in [4.69, 9.17) is 0 Å². The average molecular weight is 365 g/mol. The van der Waals surface area contributed by atoms with Gasteiger partial charge >= 0.3 is 0 Å². The van der Waals surface area contributed by atoms with E-state index in [9.17, 15) is 13.2 Å². The zero-order chi connectivity index (χ0) is 18.2. The summed E-state index contributed by atoms with van der Waals surface area (Å²) in [7, 11) is -0.449. The first-order valence-electron chi connectivity index (χ1n) is 9.16. The van der Waals surface area contributed by atoms with E-state index in [0.29, 0.717) is 23.4 Å². The second-order valence-electron chi connectivity index (χ2n) is 7.59. The highest BCUT2D eigenvalue weighted by molar-refractivity contribution is 7.89. The molecule has 1 heterocycles. The molecule has 138 valence electrons. The van der Waals surface area contributed by atoms with Crippen molar-refractivity contribution in [3.63, 3.8) is 0 Å². The summed E-state index contributed by atoms with van der Waals surface area (Å²) in [6, 6.07) is 6.71. The van der Waals surface area contributed by atoms with E-state index in [-0.39, 0.29) is 10.8 Å². The highest BCUT2D eigenvalue weighted by atomic mass is 32.2. The molecule has 0 spiro atoms. The molecule has 6 heteroatoms. The van der Waals surface area contributed by atoms with Gasteiger partial charge in [-0.25, -0.2) is 12.7 Å². The fourth-order valence-electron chi connectivity index (χ4n) is 4.31. The number of carbonyl (C=O) groups excluding carboxylic acids is 1. The molecule has 3 atom stereocenters. The quantitative estimate of drug-likeness (QED) is 0.828. The molecule has 0 N–H and O–H groups in total. The summed E-state index contributed by atoms with van der Waals surface area (Å²) in [4.78, 5) is 15.3. The number of hydrogen-bond acceptors (Lipinski definition) is 3. The van der Waals surface area contributed by atoms with Crippen LogP contribution in [0.1, 0.15) is 49.4 Å². The fraction of sp³-hybridized carbons (Fsp3) is 0.632. The first kappa shape index (κ1) is 18.4. The van der Waals surface area contributed by atoms with Crippen LogP contribution < -0.4 is 0 Å². The predicted molar refractivity (Wildman–Crippen MR) is 97.9 cm³/mol. The summed E-state index contributed by atoms with van der Waals surface area (Å²) in [5.74, 6) is 1.33. The lowest BCUT2D eigenvalue weighted by Crippen LogP contribution is -2.52. The van der Waals surface area contributed by atoms with Crippen LogP contribution >= 0.6 is 0 Å². The molecule has 1 aliphatic heterocycles. The lowest BCUT2D eigenvalue weighted by Gasteiger charge is -2.47. The summed E-state index contributed by atoms with van der Waals surface area (Å²) < 4.78 is 25.5. The van der Waals surface area contributed by atoms with Crippen LogP contribution in [0.15, 0.2) is 29.2 Å². The Morgan fingerprint density at radius 2 is 1.72 bits per heavy atom. The Balaban J connectivity index is 1.81. The number of hydrogen-bond donors (Lipinski definition) is 0. The van der Waals surface area contributed by atoms with Gasteiger partial charge in [0.1, 0.15) is 0 Å². The maximum atomic E-state index is 13.0. The second-order valence-corrected chi connectivity index (χ2v) is 9.74. The molecule has 2 fully saturated rings. The zero-order valence-corrected chi connectivity index (χ0v) is 16.1. The van der Waals surface area contributed by atoms with Crippen molar-refractivity contribution in [2.75, 3.05) is 20.6 Å². The van der Waals surface area contributed by atoms with Crippen LogP contribution in [0, 0.1) is 11.8 Å². The third kappa shape index (κ3) is 3.47. The van der Waals surface area contributed by atoms with Gasteiger partial charge in [0.2, 0.25) is 10.0 Å². The lowest BCUT2D eigenvalue weighted by atomic mass is 9.72. The number of carbonyl (C=O) groups is 1. The Bertz CT molecular complexity index is 728. The van der Waals surface area contributed by atoms with E-state index in [1.54, 1.807) is 12.1 Å². The Morgan fingerprint density at radius 1 is 1.08 bits per heavy atom. The number of rotatable bonds is 3. The molecule has 1 amide bonds. The van der Waals surface area contributed by atoms with E-state index in [2.05, 4.69) is 6.92 Å². The Kier molecular flexibility index (Phi) is 5.21. The first-order chi connectivity index (χ1) is 11.8. The highest BCUT2D eigenvalue weighted by Gasteiger charge is 2.39. The van der Waals surface area contributed by atoms with Gasteiger partial charge < -0.3 is 4.90 Å². The molecule has 1 saturated heterocycles. The maximum absolute atomic E-state index is 13.0. The minimum atomic E-state index is -3.46. The van der Waals surface area contributed by atoms with E-state index in [1.165, 1.54) is 49.8 Å². The lowest BCUT2D eigenvalue weighted by molar-refractivity contribution is 0.0217. The van der Waals surface area contributed by atoms with Crippen molar-refractivity contribution in [3.05, 3.63) is 29.8 Å². The van der Waals surface area contributed by atoms with E-state index in [0.717, 1.165) is 19.4 Å². The van der Waals surface area contributed by atoms with Crippen LogP contribution in [-0.2, 0) is 10.0 Å². The fourth-order valence-corrected chi connectivity index (χ4v) is 5.21. The minimum absolute atomic E-state index is 0.0394. The van der Waals surface area contributed by atoms with Crippen LogP contribution in [-0.4, -0.2) is 50.2 Å². The number of piperidine rings is 1. The highest BCUT2D eigenvalue weighted by Crippen LogP contribution is 2.39. The van der Waals surface area contributed by atoms with E-state index in [1.807, 2.05) is 4.90 Å². The second kappa shape index (κ2) is 7.08. The molecular formula is C19H28N2O3S. The van der Waals surface area contributed by atoms with Crippen molar-refractivity contribution in [1.29, 1.82) is 0 Å². The molecule has 1 aromatic carbocycles. The molecule has 1 aliphatic carbocycles. The summed E-state index contributed by atoms with van der Waals surface area (Å²) >= 11 is 0. The van der Waals surface area contributed by atoms with Crippen LogP contribution in [0.3, 0.4) is 0 Å².